The minimum absolute atomic E-state index is 0.438. The van der Waals surface area contributed by atoms with Crippen LogP contribution in [-0.2, 0) is 4.74 Å². The van der Waals surface area contributed by atoms with E-state index in [0.29, 0.717) is 12.1 Å². The number of thioether (sulfide) groups is 1. The van der Waals surface area contributed by atoms with E-state index in [2.05, 4.69) is 37.8 Å². The molecule has 2 nitrogen and oxygen atoms in total. The first-order valence-corrected chi connectivity index (χ1v) is 9.28. The summed E-state index contributed by atoms with van der Waals surface area (Å²) in [4.78, 5) is 0. The highest BCUT2D eigenvalue weighted by atomic mass is 32.2. The molecule has 4 atom stereocenters. The maximum atomic E-state index is 6.08. The Kier molecular flexibility index (Phi) is 6.51. The van der Waals surface area contributed by atoms with Crippen molar-refractivity contribution in [1.29, 1.82) is 0 Å². The topological polar surface area (TPSA) is 21.3 Å². The monoisotopic (exact) mass is 285 g/mol. The second-order valence-electron chi connectivity index (χ2n) is 6.64. The second-order valence-corrected chi connectivity index (χ2v) is 7.79. The van der Waals surface area contributed by atoms with E-state index in [9.17, 15) is 0 Å². The van der Waals surface area contributed by atoms with Crippen LogP contribution in [0.3, 0.4) is 0 Å². The average molecular weight is 285 g/mol. The summed E-state index contributed by atoms with van der Waals surface area (Å²) in [5.74, 6) is 4.94. The van der Waals surface area contributed by atoms with E-state index in [1.807, 2.05) is 0 Å². The molecule has 2 rings (SSSR count). The summed E-state index contributed by atoms with van der Waals surface area (Å²) in [7, 11) is 0. The van der Waals surface area contributed by atoms with Crippen LogP contribution in [0.4, 0.5) is 0 Å². The van der Waals surface area contributed by atoms with Gasteiger partial charge in [-0.2, -0.15) is 11.8 Å². The Morgan fingerprint density at radius 1 is 1.21 bits per heavy atom. The molecular formula is C16H31NOS. The van der Waals surface area contributed by atoms with E-state index in [1.165, 1.54) is 37.2 Å². The van der Waals surface area contributed by atoms with Crippen molar-refractivity contribution < 1.29 is 4.74 Å². The van der Waals surface area contributed by atoms with Gasteiger partial charge in [-0.1, -0.05) is 20.8 Å². The van der Waals surface area contributed by atoms with Gasteiger partial charge in [0.25, 0.3) is 0 Å². The third-order valence-electron chi connectivity index (χ3n) is 4.60. The Morgan fingerprint density at radius 2 is 1.95 bits per heavy atom. The molecule has 19 heavy (non-hydrogen) atoms. The number of ether oxygens (including phenoxy) is 1. The maximum Gasteiger partial charge on any atom is 0.0821 e. The van der Waals surface area contributed by atoms with Crippen molar-refractivity contribution in [3.8, 4) is 0 Å². The molecule has 0 aromatic carbocycles. The Hall–Kier alpha value is 0.270. The number of hydrogen-bond acceptors (Lipinski definition) is 3. The van der Waals surface area contributed by atoms with Crippen LogP contribution in [0.2, 0.25) is 0 Å². The van der Waals surface area contributed by atoms with E-state index >= 15 is 0 Å². The molecule has 4 unspecified atom stereocenters. The Morgan fingerprint density at radius 3 is 2.53 bits per heavy atom. The highest BCUT2D eigenvalue weighted by Gasteiger charge is 2.35. The fourth-order valence-corrected chi connectivity index (χ4v) is 4.85. The molecule has 0 radical (unpaired) electrons. The van der Waals surface area contributed by atoms with Gasteiger partial charge in [-0.15, -0.1) is 0 Å². The molecule has 0 aromatic rings. The number of hydrogen-bond donors (Lipinski definition) is 1. The van der Waals surface area contributed by atoms with Crippen molar-refractivity contribution in [2.45, 2.75) is 58.6 Å². The quantitative estimate of drug-likeness (QED) is 0.834. The lowest BCUT2D eigenvalue weighted by Gasteiger charge is -2.41. The molecule has 1 heterocycles. The predicted molar refractivity (Wildman–Crippen MR) is 84.8 cm³/mol. The number of rotatable bonds is 5. The fraction of sp³-hybridized carbons (Fsp3) is 1.00. The van der Waals surface area contributed by atoms with Gasteiger partial charge in [0.05, 0.1) is 12.7 Å². The highest BCUT2D eigenvalue weighted by molar-refractivity contribution is 7.99. The molecule has 1 aliphatic heterocycles. The minimum atomic E-state index is 0.438. The average Bonchev–Trinajstić information content (AvgIpc) is 2.39. The second kappa shape index (κ2) is 7.90. The van der Waals surface area contributed by atoms with Crippen LogP contribution >= 0.6 is 11.8 Å². The molecule has 1 N–H and O–H groups in total. The predicted octanol–water partition coefficient (Wildman–Crippen LogP) is 3.56. The smallest absolute Gasteiger partial charge is 0.0821 e. The van der Waals surface area contributed by atoms with Crippen LogP contribution in [0, 0.1) is 17.8 Å². The molecule has 3 heteroatoms. The summed E-state index contributed by atoms with van der Waals surface area (Å²) in [6.07, 6.45) is 5.84. The van der Waals surface area contributed by atoms with Gasteiger partial charge in [0, 0.05) is 17.5 Å². The van der Waals surface area contributed by atoms with Crippen molar-refractivity contribution in [1.82, 2.24) is 5.32 Å². The maximum absolute atomic E-state index is 6.08. The van der Waals surface area contributed by atoms with Crippen LogP contribution in [0.1, 0.15) is 46.5 Å². The summed E-state index contributed by atoms with van der Waals surface area (Å²) in [6, 6.07) is 0.581. The number of nitrogens with one attached hydrogen (secondary N) is 1. The third-order valence-corrected chi connectivity index (χ3v) is 5.61. The van der Waals surface area contributed by atoms with Crippen molar-refractivity contribution in [3.63, 3.8) is 0 Å². The molecule has 0 spiro atoms. The van der Waals surface area contributed by atoms with Crippen molar-refractivity contribution in [2.75, 3.05) is 24.7 Å². The molecule has 0 bridgehead atoms. The van der Waals surface area contributed by atoms with Gasteiger partial charge < -0.3 is 10.1 Å². The third kappa shape index (κ3) is 4.64. The molecule has 1 saturated heterocycles. The summed E-state index contributed by atoms with van der Waals surface area (Å²) in [5, 5.41) is 3.81. The van der Waals surface area contributed by atoms with E-state index in [4.69, 9.17) is 4.74 Å². The molecule has 1 saturated carbocycles. The van der Waals surface area contributed by atoms with Crippen molar-refractivity contribution in [2.24, 2.45) is 17.8 Å². The lowest BCUT2D eigenvalue weighted by Crippen LogP contribution is -2.51. The SMILES string of the molecule is CCCNC(C1CC(C)CC(C)C1)C1CSCCO1. The van der Waals surface area contributed by atoms with Crippen molar-refractivity contribution in [3.05, 3.63) is 0 Å². The highest BCUT2D eigenvalue weighted by Crippen LogP contribution is 2.36. The summed E-state index contributed by atoms with van der Waals surface area (Å²) < 4.78 is 6.08. The molecule has 0 amide bonds. The van der Waals surface area contributed by atoms with Gasteiger partial charge in [-0.25, -0.2) is 0 Å². The minimum Gasteiger partial charge on any atom is -0.375 e. The Balaban J connectivity index is 1.98. The van der Waals surface area contributed by atoms with Crippen LogP contribution in [0.5, 0.6) is 0 Å². The summed E-state index contributed by atoms with van der Waals surface area (Å²) in [6.45, 7) is 9.19. The zero-order valence-corrected chi connectivity index (χ0v) is 13.7. The van der Waals surface area contributed by atoms with Crippen LogP contribution < -0.4 is 5.32 Å². The normalized spacial score (nSPS) is 38.1. The van der Waals surface area contributed by atoms with E-state index in [-0.39, 0.29) is 0 Å². The largest absolute Gasteiger partial charge is 0.375 e. The van der Waals surface area contributed by atoms with Gasteiger partial charge >= 0.3 is 0 Å². The van der Waals surface area contributed by atoms with Gasteiger partial charge in [0.1, 0.15) is 0 Å². The first kappa shape index (κ1) is 15.7. The molecule has 2 fully saturated rings. The van der Waals surface area contributed by atoms with Crippen LogP contribution in [0.15, 0.2) is 0 Å². The first-order valence-electron chi connectivity index (χ1n) is 8.13. The molecule has 0 aromatic heterocycles. The van der Waals surface area contributed by atoms with E-state index < -0.39 is 0 Å². The standard InChI is InChI=1S/C16H31NOS/c1-4-5-17-16(15-11-19-7-6-18-15)14-9-12(2)8-13(3)10-14/h12-17H,4-11H2,1-3H3. The fourth-order valence-electron chi connectivity index (χ4n) is 3.93. The zero-order chi connectivity index (χ0) is 13.7. The van der Waals surface area contributed by atoms with E-state index in [0.717, 1.165) is 30.9 Å². The van der Waals surface area contributed by atoms with Gasteiger partial charge in [0.2, 0.25) is 0 Å². The van der Waals surface area contributed by atoms with Gasteiger partial charge in [0.15, 0.2) is 0 Å². The van der Waals surface area contributed by atoms with Gasteiger partial charge in [-0.05, 0) is 50.0 Å². The first-order chi connectivity index (χ1) is 9.20. The Labute approximate surface area is 123 Å². The zero-order valence-electron chi connectivity index (χ0n) is 12.9. The lowest BCUT2D eigenvalue weighted by molar-refractivity contribution is 0.0148. The summed E-state index contributed by atoms with van der Waals surface area (Å²) >= 11 is 2.07. The van der Waals surface area contributed by atoms with Crippen LogP contribution in [-0.4, -0.2) is 36.8 Å². The molecule has 2 aliphatic rings. The van der Waals surface area contributed by atoms with Gasteiger partial charge in [-0.3, -0.25) is 0 Å². The molecule has 112 valence electrons. The van der Waals surface area contributed by atoms with Crippen molar-refractivity contribution >= 4 is 11.8 Å². The lowest BCUT2D eigenvalue weighted by atomic mass is 9.72. The molecular weight excluding hydrogens is 254 g/mol. The molecule has 1 aliphatic carbocycles. The van der Waals surface area contributed by atoms with E-state index in [1.54, 1.807) is 0 Å². The Bertz CT molecular complexity index is 245. The summed E-state index contributed by atoms with van der Waals surface area (Å²) in [5.41, 5.74) is 0. The van der Waals surface area contributed by atoms with Crippen LogP contribution in [0.25, 0.3) is 0 Å².